The molecule has 4 rings (SSSR count). The minimum atomic E-state index is -3.32. The number of aliphatic hydroxyl groups excluding tert-OH is 1. The van der Waals surface area contributed by atoms with E-state index in [0.29, 0.717) is 27.9 Å². The zero-order chi connectivity index (χ0) is 23.6. The summed E-state index contributed by atoms with van der Waals surface area (Å²) in [7, 11) is -3.32. The molecule has 0 aliphatic heterocycles. The van der Waals surface area contributed by atoms with Crippen LogP contribution in [0.3, 0.4) is 0 Å². The van der Waals surface area contributed by atoms with Crippen molar-refractivity contribution in [3.63, 3.8) is 0 Å². The van der Waals surface area contributed by atoms with Crippen molar-refractivity contribution >= 4 is 32.2 Å². The van der Waals surface area contributed by atoms with Crippen LogP contribution in [-0.2, 0) is 22.7 Å². The molecule has 1 heterocycles. The fourth-order valence-corrected chi connectivity index (χ4v) is 5.08. The van der Waals surface area contributed by atoms with E-state index in [4.69, 9.17) is 9.47 Å². The first-order chi connectivity index (χ1) is 15.7. The van der Waals surface area contributed by atoms with Crippen molar-refractivity contribution in [3.8, 4) is 17.2 Å². The Labute approximate surface area is 196 Å². The number of aliphatic hydroxyl groups is 1. The van der Waals surface area contributed by atoms with Crippen LogP contribution in [0.25, 0.3) is 0 Å². The number of hydrogen-bond donors (Lipinski definition) is 2. The minimum absolute atomic E-state index is 0.180. The van der Waals surface area contributed by atoms with Crippen molar-refractivity contribution in [1.29, 1.82) is 0 Å². The van der Waals surface area contributed by atoms with Crippen molar-refractivity contribution in [2.75, 3.05) is 18.2 Å². The maximum absolute atomic E-state index is 12.9. The van der Waals surface area contributed by atoms with Crippen LogP contribution >= 0.6 is 11.3 Å². The van der Waals surface area contributed by atoms with E-state index in [9.17, 15) is 18.3 Å². The quantitative estimate of drug-likeness (QED) is 0.495. The summed E-state index contributed by atoms with van der Waals surface area (Å²) in [6, 6.07) is 10.7. The highest BCUT2D eigenvalue weighted by atomic mass is 32.2. The fourth-order valence-electron chi connectivity index (χ4n) is 3.40. The van der Waals surface area contributed by atoms with Crippen LogP contribution in [0.1, 0.15) is 34.3 Å². The standard InChI is InChI=1S/C23H24N2O6S2/c1-14(13-26)30-17-10-15(22(27)25-23-24-20-4-3-5-21(20)32-23)11-18(12-17)31-16-6-8-19(9-7-16)33(2,28)29/h6-12,14,26H,3-5,13H2,1-2H3,(H,24,25,27). The SMILES string of the molecule is CC(CO)Oc1cc(Oc2ccc(S(C)(=O)=O)cc2)cc(C(=O)Nc2nc3c(s2)CCC3)c1. The summed E-state index contributed by atoms with van der Waals surface area (Å²) in [5.74, 6) is 0.726. The molecule has 0 saturated heterocycles. The van der Waals surface area contributed by atoms with Gasteiger partial charge in [0.25, 0.3) is 5.91 Å². The van der Waals surface area contributed by atoms with E-state index in [2.05, 4.69) is 10.3 Å². The number of thiazole rings is 1. The number of nitrogens with one attached hydrogen (secondary N) is 1. The largest absolute Gasteiger partial charge is 0.488 e. The molecule has 2 N–H and O–H groups in total. The Hall–Kier alpha value is -2.95. The maximum Gasteiger partial charge on any atom is 0.257 e. The van der Waals surface area contributed by atoms with E-state index in [1.807, 2.05) is 0 Å². The highest BCUT2D eigenvalue weighted by Gasteiger charge is 2.19. The third kappa shape index (κ3) is 5.70. The van der Waals surface area contributed by atoms with Gasteiger partial charge in [0, 0.05) is 22.8 Å². The molecule has 0 fully saturated rings. The Morgan fingerprint density at radius 2 is 1.88 bits per heavy atom. The molecular formula is C23H24N2O6S2. The van der Waals surface area contributed by atoms with Gasteiger partial charge in [-0.15, -0.1) is 11.3 Å². The van der Waals surface area contributed by atoms with Gasteiger partial charge in [-0.25, -0.2) is 13.4 Å². The molecule has 1 aromatic heterocycles. The fraction of sp³-hybridized carbons (Fsp3) is 0.304. The summed E-state index contributed by atoms with van der Waals surface area (Å²) in [6.07, 6.45) is 3.67. The molecule has 1 atom stereocenters. The number of nitrogens with zero attached hydrogens (tertiary/aromatic N) is 1. The van der Waals surface area contributed by atoms with Crippen LogP contribution in [0.15, 0.2) is 47.4 Å². The maximum atomic E-state index is 12.9. The lowest BCUT2D eigenvalue weighted by Crippen LogP contribution is -2.17. The van der Waals surface area contributed by atoms with Crippen LogP contribution in [0.5, 0.6) is 17.2 Å². The van der Waals surface area contributed by atoms with Crippen LogP contribution in [0, 0.1) is 0 Å². The van der Waals surface area contributed by atoms with Gasteiger partial charge in [-0.2, -0.15) is 0 Å². The van der Waals surface area contributed by atoms with E-state index in [1.165, 1.54) is 40.5 Å². The molecule has 3 aromatic rings. The van der Waals surface area contributed by atoms with Crippen LogP contribution in [0.4, 0.5) is 5.13 Å². The second kappa shape index (κ2) is 9.50. The van der Waals surface area contributed by atoms with E-state index in [1.54, 1.807) is 25.1 Å². The predicted octanol–water partition coefficient (Wildman–Crippen LogP) is 3.84. The first-order valence-corrected chi connectivity index (χ1v) is 13.1. The molecule has 1 unspecified atom stereocenters. The van der Waals surface area contributed by atoms with Gasteiger partial charge in [-0.05, 0) is 62.6 Å². The van der Waals surface area contributed by atoms with Crippen molar-refractivity contribution < 1.29 is 27.8 Å². The van der Waals surface area contributed by atoms with Gasteiger partial charge in [0.05, 0.1) is 17.2 Å². The molecule has 1 amide bonds. The number of sulfone groups is 1. The Balaban J connectivity index is 1.58. The summed E-state index contributed by atoms with van der Waals surface area (Å²) < 4.78 is 34.9. The minimum Gasteiger partial charge on any atom is -0.488 e. The smallest absolute Gasteiger partial charge is 0.257 e. The first kappa shape index (κ1) is 23.2. The highest BCUT2D eigenvalue weighted by Crippen LogP contribution is 2.32. The summed E-state index contributed by atoms with van der Waals surface area (Å²) >= 11 is 1.49. The summed E-state index contributed by atoms with van der Waals surface area (Å²) in [5, 5.41) is 12.7. The van der Waals surface area contributed by atoms with Gasteiger partial charge in [-0.3, -0.25) is 10.1 Å². The Bertz CT molecular complexity index is 1250. The second-order valence-corrected chi connectivity index (χ2v) is 10.9. The number of anilines is 1. The number of rotatable bonds is 8. The van der Waals surface area contributed by atoms with E-state index >= 15 is 0 Å². The first-order valence-electron chi connectivity index (χ1n) is 10.4. The van der Waals surface area contributed by atoms with Gasteiger partial charge in [0.15, 0.2) is 15.0 Å². The Morgan fingerprint density at radius 1 is 1.15 bits per heavy atom. The van der Waals surface area contributed by atoms with Gasteiger partial charge in [0.2, 0.25) is 0 Å². The van der Waals surface area contributed by atoms with Gasteiger partial charge >= 0.3 is 0 Å². The zero-order valence-electron chi connectivity index (χ0n) is 18.2. The number of ether oxygens (including phenoxy) is 2. The number of fused-ring (bicyclic) bond motifs is 1. The molecule has 8 nitrogen and oxygen atoms in total. The van der Waals surface area contributed by atoms with Crippen molar-refractivity contribution in [2.45, 2.75) is 37.2 Å². The van der Waals surface area contributed by atoms with E-state index < -0.39 is 15.9 Å². The van der Waals surface area contributed by atoms with Crippen molar-refractivity contribution in [3.05, 3.63) is 58.6 Å². The Kier molecular flexibility index (Phi) is 6.68. The third-order valence-corrected chi connectivity index (χ3v) is 7.24. The predicted molar refractivity (Wildman–Crippen MR) is 125 cm³/mol. The van der Waals surface area contributed by atoms with E-state index in [-0.39, 0.29) is 17.4 Å². The zero-order valence-corrected chi connectivity index (χ0v) is 19.8. The lowest BCUT2D eigenvalue weighted by Gasteiger charge is -2.15. The summed E-state index contributed by atoms with van der Waals surface area (Å²) in [5.41, 5.74) is 1.35. The molecule has 0 saturated carbocycles. The number of carbonyl (C=O) groups excluding carboxylic acids is 1. The number of aromatic nitrogens is 1. The highest BCUT2D eigenvalue weighted by molar-refractivity contribution is 7.90. The van der Waals surface area contributed by atoms with Crippen LogP contribution < -0.4 is 14.8 Å². The van der Waals surface area contributed by atoms with E-state index in [0.717, 1.165) is 31.2 Å². The molecule has 10 heteroatoms. The molecule has 0 spiro atoms. The molecule has 2 aromatic carbocycles. The third-order valence-electron chi connectivity index (χ3n) is 5.04. The van der Waals surface area contributed by atoms with Crippen LogP contribution in [-0.4, -0.2) is 43.4 Å². The average molecular weight is 489 g/mol. The number of aryl methyl sites for hydroxylation is 2. The molecule has 174 valence electrons. The van der Waals surface area contributed by atoms with Gasteiger partial charge in [0.1, 0.15) is 23.4 Å². The lowest BCUT2D eigenvalue weighted by atomic mass is 10.2. The molecule has 0 radical (unpaired) electrons. The number of carbonyl (C=O) groups is 1. The monoisotopic (exact) mass is 488 g/mol. The lowest BCUT2D eigenvalue weighted by molar-refractivity contribution is 0.102. The molecule has 33 heavy (non-hydrogen) atoms. The van der Waals surface area contributed by atoms with Crippen LogP contribution in [0.2, 0.25) is 0 Å². The molecule has 1 aliphatic carbocycles. The number of amides is 1. The van der Waals surface area contributed by atoms with Gasteiger partial charge < -0.3 is 14.6 Å². The normalized spacial score (nSPS) is 13.9. The summed E-state index contributed by atoms with van der Waals surface area (Å²) in [4.78, 5) is 18.8. The summed E-state index contributed by atoms with van der Waals surface area (Å²) in [6.45, 7) is 1.51. The Morgan fingerprint density at radius 3 is 2.55 bits per heavy atom. The second-order valence-electron chi connectivity index (χ2n) is 7.85. The number of benzene rings is 2. The van der Waals surface area contributed by atoms with Crippen molar-refractivity contribution in [2.24, 2.45) is 0 Å². The average Bonchev–Trinajstić information content (AvgIpc) is 3.35. The number of hydrogen-bond acceptors (Lipinski definition) is 8. The molecular weight excluding hydrogens is 464 g/mol. The van der Waals surface area contributed by atoms with Crippen molar-refractivity contribution in [1.82, 2.24) is 4.98 Å². The molecule has 1 aliphatic rings. The molecule has 0 bridgehead atoms. The topological polar surface area (TPSA) is 115 Å². The van der Waals surface area contributed by atoms with Gasteiger partial charge in [-0.1, -0.05) is 0 Å².